The molecule has 1 amide bonds. The summed E-state index contributed by atoms with van der Waals surface area (Å²) in [6, 6.07) is 7.69. The molecule has 2 aromatic rings. The summed E-state index contributed by atoms with van der Waals surface area (Å²) in [7, 11) is 0. The summed E-state index contributed by atoms with van der Waals surface area (Å²) in [5.74, 6) is 0.0206. The van der Waals surface area contributed by atoms with Crippen molar-refractivity contribution in [2.45, 2.75) is 26.8 Å². The van der Waals surface area contributed by atoms with Crippen LogP contribution in [0.5, 0.6) is 0 Å². The lowest BCUT2D eigenvalue weighted by Gasteiger charge is -2.08. The molecule has 0 fully saturated rings. The molecule has 1 heterocycles. The summed E-state index contributed by atoms with van der Waals surface area (Å²) in [5.41, 5.74) is 2.82. The molecule has 1 aromatic heterocycles. The third-order valence-electron chi connectivity index (χ3n) is 2.61. The van der Waals surface area contributed by atoms with Crippen LogP contribution in [-0.2, 0) is 11.3 Å². The first-order valence-electron chi connectivity index (χ1n) is 6.22. The van der Waals surface area contributed by atoms with Gasteiger partial charge < -0.3 is 10.6 Å². The second-order valence-corrected chi connectivity index (χ2v) is 5.26. The fourth-order valence-electron chi connectivity index (χ4n) is 1.64. The molecule has 2 N–H and O–H groups in total. The first kappa shape index (κ1) is 13.5. The smallest absolute Gasteiger partial charge is 0.224 e. The monoisotopic (exact) mass is 275 g/mol. The van der Waals surface area contributed by atoms with Crippen molar-refractivity contribution in [2.75, 3.05) is 10.6 Å². The zero-order valence-electron chi connectivity index (χ0n) is 11.1. The summed E-state index contributed by atoms with van der Waals surface area (Å²) >= 11 is 1.65. The van der Waals surface area contributed by atoms with Gasteiger partial charge in [0, 0.05) is 23.2 Å². The second kappa shape index (κ2) is 6.33. The third-order valence-corrected chi connectivity index (χ3v) is 3.43. The number of carbonyl (C=O) groups is 1. The van der Waals surface area contributed by atoms with Crippen LogP contribution in [0, 0.1) is 6.92 Å². The highest BCUT2D eigenvalue weighted by atomic mass is 32.1. The second-order valence-electron chi connectivity index (χ2n) is 4.19. The SMILES string of the molecule is CCC(=O)Nc1cccc(NCc2csc(C)n2)c1. The van der Waals surface area contributed by atoms with E-state index in [0.29, 0.717) is 13.0 Å². The summed E-state index contributed by atoms with van der Waals surface area (Å²) in [6.07, 6.45) is 0.482. The lowest BCUT2D eigenvalue weighted by molar-refractivity contribution is -0.115. The van der Waals surface area contributed by atoms with Crippen LogP contribution >= 0.6 is 11.3 Å². The Hall–Kier alpha value is -1.88. The Morgan fingerprint density at radius 3 is 2.84 bits per heavy atom. The van der Waals surface area contributed by atoms with E-state index in [1.807, 2.05) is 43.5 Å². The Labute approximate surface area is 116 Å². The van der Waals surface area contributed by atoms with E-state index in [9.17, 15) is 4.79 Å². The van der Waals surface area contributed by atoms with Crippen LogP contribution in [0.4, 0.5) is 11.4 Å². The molecular weight excluding hydrogens is 258 g/mol. The number of benzene rings is 1. The Bertz CT molecular complexity index is 565. The molecule has 0 aliphatic carbocycles. The molecule has 19 heavy (non-hydrogen) atoms. The number of hydrogen-bond acceptors (Lipinski definition) is 4. The van der Waals surface area contributed by atoms with Crippen LogP contribution in [0.2, 0.25) is 0 Å². The molecule has 0 spiro atoms. The molecule has 0 unspecified atom stereocenters. The van der Waals surface area contributed by atoms with E-state index in [1.165, 1.54) is 0 Å². The van der Waals surface area contributed by atoms with Crippen molar-refractivity contribution in [1.29, 1.82) is 0 Å². The molecule has 4 nitrogen and oxygen atoms in total. The largest absolute Gasteiger partial charge is 0.379 e. The quantitative estimate of drug-likeness (QED) is 0.879. The lowest BCUT2D eigenvalue weighted by atomic mass is 10.2. The third kappa shape index (κ3) is 4.06. The fourth-order valence-corrected chi connectivity index (χ4v) is 2.25. The van der Waals surface area contributed by atoms with Crippen LogP contribution in [0.1, 0.15) is 24.0 Å². The number of rotatable bonds is 5. The van der Waals surface area contributed by atoms with Crippen molar-refractivity contribution in [3.05, 3.63) is 40.3 Å². The normalized spacial score (nSPS) is 10.2. The fraction of sp³-hybridized carbons (Fsp3) is 0.286. The van der Waals surface area contributed by atoms with Crippen molar-refractivity contribution >= 4 is 28.6 Å². The first-order valence-corrected chi connectivity index (χ1v) is 7.10. The standard InChI is InChI=1S/C14H17N3OS/c1-3-14(18)17-12-6-4-5-11(7-12)15-8-13-9-19-10(2)16-13/h4-7,9,15H,3,8H2,1-2H3,(H,17,18). The highest BCUT2D eigenvalue weighted by Gasteiger charge is 2.01. The molecule has 0 radical (unpaired) electrons. The van der Waals surface area contributed by atoms with Crippen LogP contribution in [0.3, 0.4) is 0 Å². The van der Waals surface area contributed by atoms with Gasteiger partial charge in [-0.15, -0.1) is 11.3 Å². The van der Waals surface area contributed by atoms with Gasteiger partial charge in [-0.05, 0) is 25.1 Å². The van der Waals surface area contributed by atoms with Crippen LogP contribution in [0.25, 0.3) is 0 Å². The maximum atomic E-state index is 11.3. The van der Waals surface area contributed by atoms with E-state index in [0.717, 1.165) is 22.1 Å². The van der Waals surface area contributed by atoms with Gasteiger partial charge in [0.05, 0.1) is 17.2 Å². The minimum Gasteiger partial charge on any atom is -0.379 e. The number of nitrogens with one attached hydrogen (secondary N) is 2. The Kier molecular flexibility index (Phi) is 4.52. The number of amides is 1. The average molecular weight is 275 g/mol. The van der Waals surface area contributed by atoms with Gasteiger partial charge >= 0.3 is 0 Å². The zero-order valence-corrected chi connectivity index (χ0v) is 11.9. The molecule has 0 saturated carbocycles. The maximum Gasteiger partial charge on any atom is 0.224 e. The number of aryl methyl sites for hydroxylation is 1. The summed E-state index contributed by atoms with van der Waals surface area (Å²) < 4.78 is 0. The number of anilines is 2. The van der Waals surface area contributed by atoms with Crippen LogP contribution in [0.15, 0.2) is 29.6 Å². The molecule has 0 saturated heterocycles. The van der Waals surface area contributed by atoms with Gasteiger partial charge in [-0.1, -0.05) is 13.0 Å². The maximum absolute atomic E-state index is 11.3. The Morgan fingerprint density at radius 2 is 2.16 bits per heavy atom. The van der Waals surface area contributed by atoms with E-state index in [2.05, 4.69) is 15.6 Å². The van der Waals surface area contributed by atoms with Gasteiger partial charge in [0.25, 0.3) is 0 Å². The van der Waals surface area contributed by atoms with E-state index in [1.54, 1.807) is 11.3 Å². The number of thiazole rings is 1. The number of nitrogens with zero attached hydrogens (tertiary/aromatic N) is 1. The summed E-state index contributed by atoms with van der Waals surface area (Å²) in [4.78, 5) is 15.7. The Morgan fingerprint density at radius 1 is 1.37 bits per heavy atom. The highest BCUT2D eigenvalue weighted by Crippen LogP contribution is 2.17. The van der Waals surface area contributed by atoms with Crippen LogP contribution < -0.4 is 10.6 Å². The van der Waals surface area contributed by atoms with Crippen molar-refractivity contribution < 1.29 is 4.79 Å². The average Bonchev–Trinajstić information content (AvgIpc) is 2.82. The molecule has 0 aliphatic heterocycles. The number of carbonyl (C=O) groups excluding carboxylic acids is 1. The predicted molar refractivity (Wildman–Crippen MR) is 79.5 cm³/mol. The van der Waals surface area contributed by atoms with Crippen LogP contribution in [-0.4, -0.2) is 10.9 Å². The van der Waals surface area contributed by atoms with Gasteiger partial charge in [-0.25, -0.2) is 4.98 Å². The predicted octanol–water partition coefficient (Wildman–Crippen LogP) is 3.41. The van der Waals surface area contributed by atoms with Crippen molar-refractivity contribution in [2.24, 2.45) is 0 Å². The minimum absolute atomic E-state index is 0.0206. The molecule has 0 bridgehead atoms. The van der Waals surface area contributed by atoms with Gasteiger partial charge in [0.15, 0.2) is 0 Å². The molecule has 0 atom stereocenters. The van der Waals surface area contributed by atoms with Gasteiger partial charge in [-0.3, -0.25) is 4.79 Å². The number of aromatic nitrogens is 1. The van der Waals surface area contributed by atoms with E-state index in [4.69, 9.17) is 0 Å². The van der Waals surface area contributed by atoms with Gasteiger partial charge in [0.1, 0.15) is 0 Å². The minimum atomic E-state index is 0.0206. The lowest BCUT2D eigenvalue weighted by Crippen LogP contribution is -2.09. The molecule has 5 heteroatoms. The summed E-state index contributed by atoms with van der Waals surface area (Å²) in [5, 5.41) is 9.26. The van der Waals surface area contributed by atoms with E-state index in [-0.39, 0.29) is 5.91 Å². The Balaban J connectivity index is 1.97. The van der Waals surface area contributed by atoms with E-state index < -0.39 is 0 Å². The topological polar surface area (TPSA) is 54.0 Å². The van der Waals surface area contributed by atoms with Crippen molar-refractivity contribution in [3.63, 3.8) is 0 Å². The molecule has 100 valence electrons. The molecule has 2 rings (SSSR count). The van der Waals surface area contributed by atoms with Crippen molar-refractivity contribution in [1.82, 2.24) is 4.98 Å². The summed E-state index contributed by atoms with van der Waals surface area (Å²) in [6.45, 7) is 4.52. The first-order chi connectivity index (χ1) is 9.17. The molecular formula is C14H17N3OS. The highest BCUT2D eigenvalue weighted by molar-refractivity contribution is 7.09. The van der Waals surface area contributed by atoms with Gasteiger partial charge in [-0.2, -0.15) is 0 Å². The van der Waals surface area contributed by atoms with E-state index >= 15 is 0 Å². The van der Waals surface area contributed by atoms with Crippen molar-refractivity contribution in [3.8, 4) is 0 Å². The van der Waals surface area contributed by atoms with Gasteiger partial charge in [0.2, 0.25) is 5.91 Å². The molecule has 1 aromatic carbocycles. The molecule has 0 aliphatic rings. The zero-order chi connectivity index (χ0) is 13.7. The number of hydrogen-bond donors (Lipinski definition) is 2.